The van der Waals surface area contributed by atoms with Crippen molar-refractivity contribution in [2.45, 2.75) is 31.9 Å². The van der Waals surface area contributed by atoms with E-state index in [0.29, 0.717) is 69.1 Å². The van der Waals surface area contributed by atoms with Crippen LogP contribution >= 0.6 is 11.6 Å². The summed E-state index contributed by atoms with van der Waals surface area (Å²) in [7, 11) is 8.99. The Hall–Kier alpha value is -4.70. The van der Waals surface area contributed by atoms with Crippen molar-refractivity contribution in [2.24, 2.45) is 7.05 Å². The smallest absolute Gasteiger partial charge is 0.291 e. The van der Waals surface area contributed by atoms with E-state index in [1.54, 1.807) is 41.7 Å². The maximum Gasteiger partial charge on any atom is 0.291 e. The first kappa shape index (κ1) is 39.0. The molecular formula is C38H46ClF2N8O5+. The van der Waals surface area contributed by atoms with Crippen LogP contribution in [-0.4, -0.2) is 131 Å². The molecule has 0 radical (unpaired) electrons. The minimum Gasteiger partial charge on any atom is -0.383 e. The highest BCUT2D eigenvalue weighted by Crippen LogP contribution is 2.34. The number of aromatic nitrogens is 4. The molecule has 0 aliphatic carbocycles. The fourth-order valence-electron chi connectivity index (χ4n) is 7.17. The third kappa shape index (κ3) is 7.50. The fourth-order valence-corrected chi connectivity index (χ4v) is 7.43. The topological polar surface area (TPSA) is 124 Å². The molecule has 0 saturated carbocycles. The predicted octanol–water partition coefficient (Wildman–Crippen LogP) is 4.63. The zero-order valence-electron chi connectivity index (χ0n) is 31.4. The van der Waals surface area contributed by atoms with Crippen LogP contribution in [-0.2, 0) is 27.9 Å². The third-order valence-electron chi connectivity index (χ3n) is 10.8. The summed E-state index contributed by atoms with van der Waals surface area (Å²) in [6, 6.07) is 7.47. The number of piperazine rings is 1. The number of hydrogen-bond donors (Lipinski definition) is 1. The first-order chi connectivity index (χ1) is 25.7. The van der Waals surface area contributed by atoms with E-state index in [0.717, 1.165) is 17.6 Å². The largest absolute Gasteiger partial charge is 0.383 e. The van der Waals surface area contributed by atoms with E-state index in [2.05, 4.69) is 29.5 Å². The number of nitrogens with zero attached hydrogens (tertiary/aromatic N) is 7. The number of nitrogens with one attached hydrogen (secondary N) is 1. The molecule has 13 nitrogen and oxygen atoms in total. The lowest BCUT2D eigenvalue weighted by molar-refractivity contribution is -0.897. The van der Waals surface area contributed by atoms with Gasteiger partial charge in [-0.2, -0.15) is 5.10 Å². The van der Waals surface area contributed by atoms with Crippen LogP contribution in [0, 0.1) is 18.6 Å². The number of ether oxygens (including phenoxy) is 2. The lowest BCUT2D eigenvalue weighted by Crippen LogP contribution is -2.62. The predicted molar refractivity (Wildman–Crippen MR) is 199 cm³/mol. The Labute approximate surface area is 318 Å². The molecule has 54 heavy (non-hydrogen) atoms. The maximum atomic E-state index is 15.5. The van der Waals surface area contributed by atoms with Gasteiger partial charge in [-0.3, -0.25) is 19.1 Å². The molecule has 4 heterocycles. The highest BCUT2D eigenvalue weighted by Gasteiger charge is 2.47. The van der Waals surface area contributed by atoms with Crippen molar-refractivity contribution in [2.75, 3.05) is 79.5 Å². The maximum absolute atomic E-state index is 15.5. The highest BCUT2D eigenvalue weighted by molar-refractivity contribution is 6.34. The Morgan fingerprint density at radius 2 is 1.59 bits per heavy atom. The number of anilines is 1. The number of carbonyl (C=O) groups excluding carboxylic acids is 3. The van der Waals surface area contributed by atoms with E-state index in [4.69, 9.17) is 21.1 Å². The number of benzene rings is 2. The Kier molecular flexibility index (Phi) is 11.2. The molecule has 0 atom stereocenters. The lowest BCUT2D eigenvalue weighted by Gasteiger charge is -2.45. The van der Waals surface area contributed by atoms with Gasteiger partial charge < -0.3 is 33.6 Å². The van der Waals surface area contributed by atoms with Gasteiger partial charge in [0.1, 0.15) is 0 Å². The van der Waals surface area contributed by atoms with Crippen LogP contribution in [0.2, 0.25) is 5.02 Å². The summed E-state index contributed by atoms with van der Waals surface area (Å²) in [5.41, 5.74) is 1.04. The molecule has 16 heteroatoms. The molecule has 2 aliphatic heterocycles. The molecule has 288 valence electrons. The van der Waals surface area contributed by atoms with Crippen molar-refractivity contribution in [3.05, 3.63) is 76.5 Å². The molecule has 2 aliphatic rings. The van der Waals surface area contributed by atoms with E-state index in [-0.39, 0.29) is 45.0 Å². The van der Waals surface area contributed by atoms with Crippen LogP contribution < -0.4 is 5.32 Å². The van der Waals surface area contributed by atoms with Gasteiger partial charge in [-0.1, -0.05) is 17.7 Å². The average molecular weight is 768 g/mol. The van der Waals surface area contributed by atoms with E-state index >= 15 is 8.78 Å². The standard InChI is InChI=1S/C38H45ClF2N8O5/c1-24-29(22-43-48(24)17-20-53-5)26-9-10-28(33(41)32(26)40)31-23-42-34(45(31)2)35(50)44-25-7-8-27(30(39)21-25)36(51)46-13-15-47(16-14-46)37(52)38(54-6)11-18-49(3,4)19-12-38/h7-10,21-23H,11-20H2,1-6H3/p+1. The van der Waals surface area contributed by atoms with Gasteiger partial charge >= 0.3 is 0 Å². The molecule has 3 amide bonds. The molecule has 1 N–H and O–H groups in total. The van der Waals surface area contributed by atoms with Crippen molar-refractivity contribution in [3.63, 3.8) is 0 Å². The van der Waals surface area contributed by atoms with Crippen LogP contribution in [0.15, 0.2) is 42.7 Å². The van der Waals surface area contributed by atoms with E-state index in [1.807, 2.05) is 0 Å². The minimum atomic E-state index is -1.09. The average Bonchev–Trinajstić information content (AvgIpc) is 3.72. The van der Waals surface area contributed by atoms with Gasteiger partial charge in [-0.15, -0.1) is 0 Å². The Balaban J connectivity index is 1.09. The normalized spacial score (nSPS) is 16.8. The summed E-state index contributed by atoms with van der Waals surface area (Å²) in [6.07, 6.45) is 4.08. The molecule has 2 aromatic carbocycles. The zero-order valence-corrected chi connectivity index (χ0v) is 32.2. The quantitative estimate of drug-likeness (QED) is 0.234. The monoisotopic (exact) mass is 767 g/mol. The number of piperidine rings is 1. The second-order valence-corrected chi connectivity index (χ2v) is 14.9. The van der Waals surface area contributed by atoms with Gasteiger partial charge in [-0.25, -0.2) is 13.8 Å². The van der Waals surface area contributed by atoms with Gasteiger partial charge in [-0.05, 0) is 31.2 Å². The van der Waals surface area contributed by atoms with E-state index in [1.165, 1.54) is 48.3 Å². The molecule has 6 rings (SSSR count). The van der Waals surface area contributed by atoms with Gasteiger partial charge in [0.15, 0.2) is 23.1 Å². The number of imidazole rings is 1. The van der Waals surface area contributed by atoms with Crippen molar-refractivity contribution in [1.82, 2.24) is 29.1 Å². The Morgan fingerprint density at radius 3 is 2.24 bits per heavy atom. The molecule has 2 aromatic heterocycles. The summed E-state index contributed by atoms with van der Waals surface area (Å²) < 4.78 is 45.8. The number of hydrogen-bond acceptors (Lipinski definition) is 7. The van der Waals surface area contributed by atoms with Crippen LogP contribution in [0.5, 0.6) is 0 Å². The number of halogens is 3. The first-order valence-electron chi connectivity index (χ1n) is 17.8. The van der Waals surface area contributed by atoms with Gasteiger partial charge in [0.2, 0.25) is 0 Å². The summed E-state index contributed by atoms with van der Waals surface area (Å²) in [4.78, 5) is 48.0. The van der Waals surface area contributed by atoms with Crippen LogP contribution in [0.1, 0.15) is 39.5 Å². The number of carbonyl (C=O) groups is 3. The van der Waals surface area contributed by atoms with Crippen molar-refractivity contribution in [1.29, 1.82) is 0 Å². The van der Waals surface area contributed by atoms with Crippen molar-refractivity contribution in [3.8, 4) is 22.4 Å². The lowest BCUT2D eigenvalue weighted by atomic mass is 9.88. The van der Waals surface area contributed by atoms with Crippen LogP contribution in [0.3, 0.4) is 0 Å². The van der Waals surface area contributed by atoms with Crippen LogP contribution in [0.4, 0.5) is 14.5 Å². The number of likely N-dealkylation sites (tertiary alicyclic amines) is 1. The Morgan fingerprint density at radius 1 is 0.944 bits per heavy atom. The molecule has 4 aromatic rings. The first-order valence-corrected chi connectivity index (χ1v) is 18.2. The minimum absolute atomic E-state index is 0.0292. The van der Waals surface area contributed by atoms with Crippen molar-refractivity contribution >= 4 is 35.0 Å². The van der Waals surface area contributed by atoms with E-state index in [9.17, 15) is 14.4 Å². The van der Waals surface area contributed by atoms with Gasteiger partial charge in [0.25, 0.3) is 17.7 Å². The number of rotatable bonds is 10. The fraction of sp³-hybridized carbons (Fsp3) is 0.447. The van der Waals surface area contributed by atoms with Gasteiger partial charge in [0.05, 0.1) is 69.0 Å². The Bertz CT molecular complexity index is 2060. The second kappa shape index (κ2) is 15.6. The van der Waals surface area contributed by atoms with Crippen molar-refractivity contribution < 1.29 is 37.1 Å². The molecule has 0 unspecified atom stereocenters. The summed E-state index contributed by atoms with van der Waals surface area (Å²) >= 11 is 6.56. The number of methoxy groups -OCH3 is 2. The molecule has 2 saturated heterocycles. The second-order valence-electron chi connectivity index (χ2n) is 14.5. The summed E-state index contributed by atoms with van der Waals surface area (Å²) in [5, 5.41) is 7.12. The molecular weight excluding hydrogens is 722 g/mol. The van der Waals surface area contributed by atoms with Crippen LogP contribution in [0.25, 0.3) is 22.4 Å². The summed E-state index contributed by atoms with van der Waals surface area (Å²) in [6.45, 7) is 5.80. The zero-order chi connectivity index (χ0) is 38.9. The van der Waals surface area contributed by atoms with Gasteiger partial charge in [0, 0.05) is 88.4 Å². The number of amides is 3. The van der Waals surface area contributed by atoms with E-state index < -0.39 is 23.1 Å². The molecule has 0 spiro atoms. The third-order valence-corrected chi connectivity index (χ3v) is 11.1. The summed E-state index contributed by atoms with van der Waals surface area (Å²) in [5.74, 6) is -3.12. The molecule has 0 bridgehead atoms. The number of quaternary nitrogens is 1. The molecule has 2 fully saturated rings. The highest BCUT2D eigenvalue weighted by atomic mass is 35.5. The SMILES string of the molecule is COCCn1ncc(-c2ccc(-c3cnc(C(=O)Nc4ccc(C(=O)N5CCN(C(=O)C6(OC)CC[N+](C)(C)CC6)CC5)c(Cl)c4)n3C)c(F)c2F)c1C.